The molecule has 0 radical (unpaired) electrons. The zero-order valence-corrected chi connectivity index (χ0v) is 12.7. The first kappa shape index (κ1) is 14.3. The number of hydrogen-bond acceptors (Lipinski definition) is 2. The average Bonchev–Trinajstić information content (AvgIpc) is 2.88. The summed E-state index contributed by atoms with van der Waals surface area (Å²) in [7, 11) is 0. The molecule has 1 aliphatic carbocycles. The molecule has 0 aromatic heterocycles. The van der Waals surface area contributed by atoms with Gasteiger partial charge in [-0.3, -0.25) is 4.90 Å². The summed E-state index contributed by atoms with van der Waals surface area (Å²) in [5.74, 6) is -0.264. The molecule has 0 amide bonds. The van der Waals surface area contributed by atoms with E-state index < -0.39 is 0 Å². The molecule has 1 aromatic rings. The van der Waals surface area contributed by atoms with Gasteiger partial charge < -0.3 is 5.32 Å². The molecule has 1 aromatic carbocycles. The highest BCUT2D eigenvalue weighted by molar-refractivity contribution is 6.30. The summed E-state index contributed by atoms with van der Waals surface area (Å²) >= 11 is 5.88. The Kier molecular flexibility index (Phi) is 4.02. The summed E-state index contributed by atoms with van der Waals surface area (Å²) in [5, 5.41) is 3.95. The highest BCUT2D eigenvalue weighted by Gasteiger charge is 2.39. The van der Waals surface area contributed by atoms with Crippen molar-refractivity contribution in [1.29, 1.82) is 0 Å². The summed E-state index contributed by atoms with van der Waals surface area (Å²) in [6, 6.07) is 5.72. The summed E-state index contributed by atoms with van der Waals surface area (Å²) in [6.07, 6.45) is 5.10. The number of nitrogens with zero attached hydrogens (tertiary/aromatic N) is 1. The fourth-order valence-corrected chi connectivity index (χ4v) is 3.78. The molecule has 110 valence electrons. The van der Waals surface area contributed by atoms with Gasteiger partial charge in [0.2, 0.25) is 0 Å². The highest BCUT2D eigenvalue weighted by atomic mass is 35.5. The van der Waals surface area contributed by atoms with Crippen molar-refractivity contribution in [1.82, 2.24) is 10.2 Å². The van der Waals surface area contributed by atoms with E-state index in [4.69, 9.17) is 11.6 Å². The SMILES string of the molecule is CC1CNC2(CCCC2)CN1Cc1cccc(Cl)c1F. The van der Waals surface area contributed by atoms with Crippen molar-refractivity contribution in [3.8, 4) is 0 Å². The lowest BCUT2D eigenvalue weighted by Gasteiger charge is -2.45. The van der Waals surface area contributed by atoms with Crippen LogP contribution in [-0.4, -0.2) is 29.6 Å². The van der Waals surface area contributed by atoms with E-state index in [9.17, 15) is 4.39 Å². The number of benzene rings is 1. The van der Waals surface area contributed by atoms with Gasteiger partial charge in [-0.2, -0.15) is 0 Å². The van der Waals surface area contributed by atoms with Crippen LogP contribution in [0.5, 0.6) is 0 Å². The van der Waals surface area contributed by atoms with Crippen molar-refractivity contribution in [2.24, 2.45) is 0 Å². The first-order valence-electron chi connectivity index (χ1n) is 7.52. The Morgan fingerprint density at radius 2 is 2.15 bits per heavy atom. The lowest BCUT2D eigenvalue weighted by molar-refractivity contribution is 0.0817. The molecule has 2 nitrogen and oxygen atoms in total. The summed E-state index contributed by atoms with van der Waals surface area (Å²) in [6.45, 7) is 4.86. The van der Waals surface area contributed by atoms with Crippen molar-refractivity contribution in [2.75, 3.05) is 13.1 Å². The van der Waals surface area contributed by atoms with E-state index in [1.807, 2.05) is 12.1 Å². The van der Waals surface area contributed by atoms with Crippen molar-refractivity contribution < 1.29 is 4.39 Å². The lowest BCUT2D eigenvalue weighted by atomic mass is 9.92. The first-order valence-corrected chi connectivity index (χ1v) is 7.89. The number of halogens is 2. The molecule has 20 heavy (non-hydrogen) atoms. The second-order valence-electron chi connectivity index (χ2n) is 6.34. The Balaban J connectivity index is 1.76. The maximum absolute atomic E-state index is 14.1. The van der Waals surface area contributed by atoms with Gasteiger partial charge in [0.25, 0.3) is 0 Å². The van der Waals surface area contributed by atoms with Crippen LogP contribution < -0.4 is 5.32 Å². The molecule has 1 N–H and O–H groups in total. The average molecular weight is 297 g/mol. The maximum atomic E-state index is 14.1. The molecule has 1 heterocycles. The van der Waals surface area contributed by atoms with E-state index in [0.717, 1.165) is 13.1 Å². The molecule has 3 rings (SSSR count). The van der Waals surface area contributed by atoms with E-state index in [2.05, 4.69) is 17.1 Å². The Hall–Kier alpha value is -0.640. The van der Waals surface area contributed by atoms with Gasteiger partial charge in [0.1, 0.15) is 5.82 Å². The van der Waals surface area contributed by atoms with E-state index >= 15 is 0 Å². The number of piperazine rings is 1. The number of nitrogens with one attached hydrogen (secondary N) is 1. The van der Waals surface area contributed by atoms with E-state index in [1.54, 1.807) is 6.07 Å². The second kappa shape index (κ2) is 5.63. The zero-order valence-electron chi connectivity index (χ0n) is 12.0. The van der Waals surface area contributed by atoms with E-state index in [-0.39, 0.29) is 16.4 Å². The van der Waals surface area contributed by atoms with E-state index in [1.165, 1.54) is 25.7 Å². The van der Waals surface area contributed by atoms with Gasteiger partial charge in [-0.1, -0.05) is 36.6 Å². The largest absolute Gasteiger partial charge is 0.308 e. The van der Waals surface area contributed by atoms with Crippen molar-refractivity contribution >= 4 is 11.6 Å². The van der Waals surface area contributed by atoms with Crippen molar-refractivity contribution in [2.45, 2.75) is 50.7 Å². The van der Waals surface area contributed by atoms with Crippen LogP contribution in [0, 0.1) is 5.82 Å². The van der Waals surface area contributed by atoms with Gasteiger partial charge in [-0.15, -0.1) is 0 Å². The predicted molar refractivity (Wildman–Crippen MR) is 80.5 cm³/mol. The third-order valence-electron chi connectivity index (χ3n) is 4.87. The van der Waals surface area contributed by atoms with Crippen LogP contribution in [0.3, 0.4) is 0 Å². The highest BCUT2D eigenvalue weighted by Crippen LogP contribution is 2.34. The van der Waals surface area contributed by atoms with Gasteiger partial charge in [-0.25, -0.2) is 4.39 Å². The van der Waals surface area contributed by atoms with Crippen LogP contribution >= 0.6 is 11.6 Å². The topological polar surface area (TPSA) is 15.3 Å². The Bertz CT molecular complexity index is 485. The minimum absolute atomic E-state index is 0.223. The van der Waals surface area contributed by atoms with Crippen LogP contribution in [-0.2, 0) is 6.54 Å². The van der Waals surface area contributed by atoms with Crippen molar-refractivity contribution in [3.05, 3.63) is 34.6 Å². The molecule has 2 aliphatic rings. The molecule has 1 atom stereocenters. The van der Waals surface area contributed by atoms with Crippen LogP contribution in [0.15, 0.2) is 18.2 Å². The molecule has 1 spiro atoms. The van der Waals surface area contributed by atoms with Gasteiger partial charge in [0.05, 0.1) is 5.02 Å². The summed E-state index contributed by atoms with van der Waals surface area (Å²) < 4.78 is 14.1. The zero-order chi connectivity index (χ0) is 14.2. The molecule has 2 fully saturated rings. The molecule has 4 heteroatoms. The second-order valence-corrected chi connectivity index (χ2v) is 6.74. The van der Waals surface area contributed by atoms with E-state index in [0.29, 0.717) is 18.2 Å². The lowest BCUT2D eigenvalue weighted by Crippen LogP contribution is -2.62. The van der Waals surface area contributed by atoms with Crippen LogP contribution in [0.25, 0.3) is 0 Å². The van der Waals surface area contributed by atoms with Crippen LogP contribution in [0.4, 0.5) is 4.39 Å². The van der Waals surface area contributed by atoms with Gasteiger partial charge in [0.15, 0.2) is 0 Å². The molecule has 1 saturated heterocycles. The molecular weight excluding hydrogens is 275 g/mol. The third kappa shape index (κ3) is 2.72. The molecular formula is C16H22ClFN2. The first-order chi connectivity index (χ1) is 9.60. The third-order valence-corrected chi connectivity index (χ3v) is 5.16. The maximum Gasteiger partial charge on any atom is 0.146 e. The fourth-order valence-electron chi connectivity index (χ4n) is 3.58. The smallest absolute Gasteiger partial charge is 0.146 e. The fraction of sp³-hybridized carbons (Fsp3) is 0.625. The summed E-state index contributed by atoms with van der Waals surface area (Å²) in [5.41, 5.74) is 0.973. The Morgan fingerprint density at radius 1 is 1.40 bits per heavy atom. The summed E-state index contributed by atoms with van der Waals surface area (Å²) in [4.78, 5) is 2.40. The van der Waals surface area contributed by atoms with Crippen LogP contribution in [0.1, 0.15) is 38.2 Å². The Morgan fingerprint density at radius 3 is 2.90 bits per heavy atom. The molecule has 0 bridgehead atoms. The van der Waals surface area contributed by atoms with Gasteiger partial charge in [-0.05, 0) is 25.8 Å². The quantitative estimate of drug-likeness (QED) is 0.897. The molecule has 1 unspecified atom stereocenters. The minimum Gasteiger partial charge on any atom is -0.308 e. The predicted octanol–water partition coefficient (Wildman–Crippen LogP) is 3.59. The minimum atomic E-state index is -0.264. The number of hydrogen-bond donors (Lipinski definition) is 1. The van der Waals surface area contributed by atoms with Crippen LogP contribution in [0.2, 0.25) is 5.02 Å². The normalized spacial score (nSPS) is 26.2. The van der Waals surface area contributed by atoms with Crippen molar-refractivity contribution in [3.63, 3.8) is 0 Å². The van der Waals surface area contributed by atoms with Gasteiger partial charge in [0, 0.05) is 36.8 Å². The standard InChI is InChI=1S/C16H22ClFN2/c1-12-9-19-16(7-2-3-8-16)11-20(12)10-13-5-4-6-14(17)15(13)18/h4-6,12,19H,2-3,7-11H2,1H3. The molecule has 1 saturated carbocycles. The number of rotatable bonds is 2. The molecule has 1 aliphatic heterocycles. The Labute approximate surface area is 125 Å². The van der Waals surface area contributed by atoms with Gasteiger partial charge >= 0.3 is 0 Å². The monoisotopic (exact) mass is 296 g/mol.